The minimum absolute atomic E-state index is 0.0559. The monoisotopic (exact) mass is 431 g/mol. The number of carbonyl (C=O) groups excluding carboxylic acids is 2. The third-order valence-electron chi connectivity index (χ3n) is 4.32. The summed E-state index contributed by atoms with van der Waals surface area (Å²) >= 11 is 7.43. The Bertz CT molecular complexity index is 964. The van der Waals surface area contributed by atoms with Crippen LogP contribution in [0, 0.1) is 6.92 Å². The topological polar surface area (TPSA) is 71.0 Å². The quantitative estimate of drug-likeness (QED) is 0.723. The van der Waals surface area contributed by atoms with Gasteiger partial charge in [-0.3, -0.25) is 14.5 Å². The zero-order chi connectivity index (χ0) is 21.0. The maximum atomic E-state index is 12.6. The van der Waals surface area contributed by atoms with E-state index < -0.39 is 5.25 Å². The number of aliphatic imine (C=N–C) groups is 1. The Labute approximate surface area is 179 Å². The first-order valence-electron chi connectivity index (χ1n) is 9.19. The van der Waals surface area contributed by atoms with Gasteiger partial charge < -0.3 is 10.1 Å². The largest absolute Gasteiger partial charge is 0.494 e. The highest BCUT2D eigenvalue weighted by Gasteiger charge is 2.37. The number of amidine groups is 1. The molecule has 1 saturated heterocycles. The van der Waals surface area contributed by atoms with Crippen LogP contribution in [0.2, 0.25) is 5.02 Å². The Morgan fingerprint density at radius 1 is 1.31 bits per heavy atom. The Morgan fingerprint density at radius 2 is 2.10 bits per heavy atom. The predicted molar refractivity (Wildman–Crippen MR) is 118 cm³/mol. The Hall–Kier alpha value is -2.51. The van der Waals surface area contributed by atoms with Crippen LogP contribution in [0.15, 0.2) is 47.5 Å². The third kappa shape index (κ3) is 5.31. The van der Waals surface area contributed by atoms with Crippen LogP contribution in [-0.2, 0) is 9.59 Å². The van der Waals surface area contributed by atoms with Crippen LogP contribution in [0.4, 0.5) is 11.4 Å². The smallest absolute Gasteiger partial charge is 0.242 e. The van der Waals surface area contributed by atoms with Gasteiger partial charge in [-0.1, -0.05) is 35.5 Å². The summed E-state index contributed by atoms with van der Waals surface area (Å²) in [7, 11) is 1.66. The molecule has 2 aromatic carbocycles. The molecule has 0 bridgehead atoms. The van der Waals surface area contributed by atoms with Gasteiger partial charge in [0.05, 0.1) is 12.3 Å². The lowest BCUT2D eigenvalue weighted by atomic mass is 10.2. The van der Waals surface area contributed by atoms with Gasteiger partial charge >= 0.3 is 0 Å². The van der Waals surface area contributed by atoms with E-state index in [0.29, 0.717) is 33.9 Å². The fraction of sp³-hybridized carbons (Fsp3) is 0.286. The van der Waals surface area contributed by atoms with Gasteiger partial charge in [0.25, 0.3) is 0 Å². The van der Waals surface area contributed by atoms with E-state index >= 15 is 0 Å². The summed E-state index contributed by atoms with van der Waals surface area (Å²) in [6.45, 7) is 4.36. The molecule has 1 aliphatic heterocycles. The maximum Gasteiger partial charge on any atom is 0.242 e. The number of aryl methyl sites for hydroxylation is 1. The van der Waals surface area contributed by atoms with Gasteiger partial charge in [0.2, 0.25) is 11.8 Å². The molecule has 1 aliphatic rings. The fourth-order valence-electron chi connectivity index (χ4n) is 2.77. The van der Waals surface area contributed by atoms with Crippen molar-refractivity contribution in [2.75, 3.05) is 19.0 Å². The molecule has 2 aromatic rings. The minimum atomic E-state index is -0.519. The van der Waals surface area contributed by atoms with Crippen LogP contribution < -0.4 is 10.1 Å². The molecule has 0 saturated carbocycles. The second kappa shape index (κ2) is 9.33. The number of nitrogens with zero attached hydrogens (tertiary/aromatic N) is 2. The van der Waals surface area contributed by atoms with E-state index in [1.165, 1.54) is 16.7 Å². The van der Waals surface area contributed by atoms with Crippen LogP contribution in [0.3, 0.4) is 0 Å². The van der Waals surface area contributed by atoms with E-state index in [1.807, 2.05) is 32.0 Å². The number of amides is 2. The minimum Gasteiger partial charge on any atom is -0.494 e. The lowest BCUT2D eigenvalue weighted by molar-refractivity contribution is -0.127. The summed E-state index contributed by atoms with van der Waals surface area (Å²) < 4.78 is 5.44. The van der Waals surface area contributed by atoms with Crippen LogP contribution in [0.25, 0.3) is 0 Å². The van der Waals surface area contributed by atoms with Crippen LogP contribution in [-0.4, -0.2) is 40.8 Å². The molecule has 0 radical (unpaired) electrons. The molecular formula is C21H22ClN3O3S. The first-order chi connectivity index (χ1) is 13.9. The van der Waals surface area contributed by atoms with Gasteiger partial charge in [-0.2, -0.15) is 0 Å². The highest BCUT2D eigenvalue weighted by molar-refractivity contribution is 8.15. The molecule has 0 unspecified atom stereocenters. The van der Waals surface area contributed by atoms with Gasteiger partial charge in [-0.05, 0) is 43.7 Å². The van der Waals surface area contributed by atoms with Gasteiger partial charge in [-0.15, -0.1) is 0 Å². The molecule has 2 amide bonds. The average Bonchev–Trinajstić information content (AvgIpc) is 2.93. The second-order valence-corrected chi connectivity index (χ2v) is 8.12. The third-order valence-corrected chi connectivity index (χ3v) is 5.96. The number of thioether (sulfide) groups is 1. The van der Waals surface area contributed by atoms with Crippen molar-refractivity contribution < 1.29 is 14.3 Å². The summed E-state index contributed by atoms with van der Waals surface area (Å²) in [6.07, 6.45) is 0.0559. The zero-order valence-corrected chi connectivity index (χ0v) is 18.0. The fourth-order valence-corrected chi connectivity index (χ4v) is 4.10. The number of carbonyl (C=O) groups is 2. The standard InChI is InChI=1S/C21H22ClN3O3S/c1-4-28-16-7-5-6-14(10-16)23-19(26)12-18-20(27)25(3)21(29-18)24-15-9-8-13(2)17(22)11-15/h5-11,18H,4,12H2,1-3H3,(H,23,26)/t18-/m1/s1. The number of nitrogens with one attached hydrogen (secondary N) is 1. The normalized spacial score (nSPS) is 17.7. The van der Waals surface area contributed by atoms with Crippen molar-refractivity contribution in [3.05, 3.63) is 53.1 Å². The van der Waals surface area contributed by atoms with Crippen molar-refractivity contribution in [1.29, 1.82) is 0 Å². The van der Waals surface area contributed by atoms with Gasteiger partial charge in [-0.25, -0.2) is 4.99 Å². The maximum absolute atomic E-state index is 12.6. The summed E-state index contributed by atoms with van der Waals surface area (Å²) in [5, 5.41) is 3.47. The molecule has 0 spiro atoms. The van der Waals surface area contributed by atoms with E-state index in [4.69, 9.17) is 16.3 Å². The van der Waals surface area contributed by atoms with Gasteiger partial charge in [0.15, 0.2) is 5.17 Å². The highest BCUT2D eigenvalue weighted by Crippen LogP contribution is 2.32. The van der Waals surface area contributed by atoms with Crippen LogP contribution in [0.1, 0.15) is 18.9 Å². The SMILES string of the molecule is CCOc1cccc(NC(=O)C[C@H]2SC(=Nc3ccc(C)c(Cl)c3)N(C)C2=O)c1. The molecule has 0 aromatic heterocycles. The first-order valence-corrected chi connectivity index (χ1v) is 10.4. The van der Waals surface area contributed by atoms with Crippen molar-refractivity contribution in [3.8, 4) is 5.75 Å². The first kappa shape index (κ1) is 21.2. The molecule has 1 heterocycles. The molecule has 6 nitrogen and oxygen atoms in total. The van der Waals surface area contributed by atoms with Crippen molar-refractivity contribution in [2.24, 2.45) is 4.99 Å². The van der Waals surface area contributed by atoms with Gasteiger partial charge in [0, 0.05) is 30.2 Å². The number of rotatable bonds is 6. The van der Waals surface area contributed by atoms with E-state index in [2.05, 4.69) is 10.3 Å². The van der Waals surface area contributed by atoms with E-state index in [0.717, 1.165) is 5.56 Å². The molecule has 29 heavy (non-hydrogen) atoms. The Balaban J connectivity index is 1.66. The average molecular weight is 432 g/mol. The van der Waals surface area contributed by atoms with Gasteiger partial charge in [0.1, 0.15) is 11.0 Å². The molecule has 1 fully saturated rings. The molecule has 1 atom stereocenters. The van der Waals surface area contributed by atoms with E-state index in [1.54, 1.807) is 31.3 Å². The lowest BCUT2D eigenvalue weighted by Crippen LogP contribution is -2.30. The number of benzene rings is 2. The number of hydrogen-bond acceptors (Lipinski definition) is 5. The Kier molecular flexibility index (Phi) is 6.82. The molecule has 152 valence electrons. The van der Waals surface area contributed by atoms with Crippen molar-refractivity contribution in [1.82, 2.24) is 4.90 Å². The highest BCUT2D eigenvalue weighted by atomic mass is 35.5. The molecule has 0 aliphatic carbocycles. The summed E-state index contributed by atoms with van der Waals surface area (Å²) in [5.74, 6) is 0.297. The molecule has 8 heteroatoms. The zero-order valence-electron chi connectivity index (χ0n) is 16.4. The summed E-state index contributed by atoms with van der Waals surface area (Å²) in [6, 6.07) is 12.7. The van der Waals surface area contributed by atoms with E-state index in [9.17, 15) is 9.59 Å². The molecular weight excluding hydrogens is 410 g/mol. The van der Waals surface area contributed by atoms with Crippen molar-refractivity contribution in [2.45, 2.75) is 25.5 Å². The second-order valence-electron chi connectivity index (χ2n) is 6.54. The number of anilines is 1. The molecule has 3 rings (SSSR count). The van der Waals surface area contributed by atoms with Crippen molar-refractivity contribution in [3.63, 3.8) is 0 Å². The lowest BCUT2D eigenvalue weighted by Gasteiger charge is -2.10. The predicted octanol–water partition coefficient (Wildman–Crippen LogP) is 4.64. The van der Waals surface area contributed by atoms with Crippen LogP contribution in [0.5, 0.6) is 5.75 Å². The van der Waals surface area contributed by atoms with Crippen LogP contribution >= 0.6 is 23.4 Å². The summed E-state index contributed by atoms with van der Waals surface area (Å²) in [4.78, 5) is 31.0. The van der Waals surface area contributed by atoms with E-state index in [-0.39, 0.29) is 18.2 Å². The molecule has 1 N–H and O–H groups in total. The van der Waals surface area contributed by atoms with Crippen molar-refractivity contribution >= 4 is 51.7 Å². The number of hydrogen-bond donors (Lipinski definition) is 1. The number of ether oxygens (including phenoxy) is 1. The number of halogens is 1. The Morgan fingerprint density at radius 3 is 2.83 bits per heavy atom. The summed E-state index contributed by atoms with van der Waals surface area (Å²) in [5.41, 5.74) is 2.26.